The largest absolute Gasteiger partial charge is 0.478 e. The van der Waals surface area contributed by atoms with E-state index in [1.54, 1.807) is 36.4 Å². The Labute approximate surface area is 100 Å². The van der Waals surface area contributed by atoms with Crippen LogP contribution in [0.3, 0.4) is 0 Å². The molecular weight excluding hydrogens is 220 g/mol. The average Bonchev–Trinajstić information content (AvgIpc) is 2.35. The van der Waals surface area contributed by atoms with Crippen molar-refractivity contribution in [3.8, 4) is 0 Å². The number of carbonyl (C=O) groups is 1. The van der Waals surface area contributed by atoms with E-state index in [9.17, 15) is 4.79 Å². The topological polar surface area (TPSA) is 62.1 Å². The summed E-state index contributed by atoms with van der Waals surface area (Å²) >= 11 is 0. The number of methoxy groups -OCH3 is 1. The third-order valence-electron chi connectivity index (χ3n) is 2.53. The van der Waals surface area contributed by atoms with Crippen LogP contribution < -0.4 is 0 Å². The highest BCUT2D eigenvalue weighted by Crippen LogP contribution is 2.20. The summed E-state index contributed by atoms with van der Waals surface area (Å²) in [4.78, 5) is 10.7. The van der Waals surface area contributed by atoms with Crippen LogP contribution in [0.2, 0.25) is 0 Å². The highest BCUT2D eigenvalue weighted by molar-refractivity contribution is 5.87. The lowest BCUT2D eigenvalue weighted by molar-refractivity contribution is 0.0404. The van der Waals surface area contributed by atoms with E-state index < -0.39 is 5.97 Å². The monoisotopic (exact) mass is 236 g/mol. The van der Waals surface area contributed by atoms with E-state index >= 15 is 0 Å². The van der Waals surface area contributed by atoms with Crippen molar-refractivity contribution in [2.75, 3.05) is 13.8 Å². The number of hydrogen-bond donors (Lipinski definition) is 1. The lowest BCUT2D eigenvalue weighted by atomic mass is 10.1. The van der Waals surface area contributed by atoms with Crippen LogP contribution in [0.5, 0.6) is 0 Å². The summed E-state index contributed by atoms with van der Waals surface area (Å²) in [6, 6.07) is 6.66. The number of rotatable bonds is 6. The molecule has 0 aliphatic carbocycles. The van der Waals surface area contributed by atoms with Crippen LogP contribution in [0.4, 0.5) is 0 Å². The number of carboxylic acids is 1. The molecule has 1 aromatic carbocycles. The van der Waals surface area contributed by atoms with Crippen LogP contribution in [0.1, 0.15) is 28.9 Å². The molecule has 0 aromatic heterocycles. The maximum absolute atomic E-state index is 10.7. The van der Waals surface area contributed by atoms with E-state index in [0.29, 0.717) is 6.73 Å². The summed E-state index contributed by atoms with van der Waals surface area (Å²) in [5, 5.41) is 14.3. The molecule has 0 fully saturated rings. The first kappa shape index (κ1) is 13.2. The number of benzene rings is 1. The van der Waals surface area contributed by atoms with E-state index in [-0.39, 0.29) is 11.6 Å². The molecule has 0 spiro atoms. The first-order chi connectivity index (χ1) is 8.10. The minimum absolute atomic E-state index is 0.0182. The summed E-state index contributed by atoms with van der Waals surface area (Å²) in [5.74, 6) is -0.931. The van der Waals surface area contributed by atoms with Crippen LogP contribution in [0, 0.1) is 0 Å². The fourth-order valence-corrected chi connectivity index (χ4v) is 1.48. The van der Waals surface area contributed by atoms with Crippen LogP contribution in [0.15, 0.2) is 29.4 Å². The average molecular weight is 236 g/mol. The molecule has 0 aliphatic rings. The molecule has 0 saturated carbocycles. The predicted molar refractivity (Wildman–Crippen MR) is 65.1 cm³/mol. The van der Waals surface area contributed by atoms with Gasteiger partial charge in [-0.1, -0.05) is 12.1 Å². The van der Waals surface area contributed by atoms with Crippen molar-refractivity contribution in [1.29, 1.82) is 0 Å². The number of hydrazone groups is 1. The Hall–Kier alpha value is -1.88. The second-order valence-electron chi connectivity index (χ2n) is 3.60. The summed E-state index contributed by atoms with van der Waals surface area (Å²) in [6.45, 7) is 5.76. The fourth-order valence-electron chi connectivity index (χ4n) is 1.48. The zero-order valence-electron chi connectivity index (χ0n) is 9.96. The molecule has 1 atom stereocenters. The van der Waals surface area contributed by atoms with Crippen LogP contribution in [-0.2, 0) is 4.74 Å². The zero-order valence-corrected chi connectivity index (χ0v) is 9.96. The van der Waals surface area contributed by atoms with Crippen molar-refractivity contribution in [3.05, 3.63) is 35.4 Å². The van der Waals surface area contributed by atoms with Crippen molar-refractivity contribution >= 4 is 12.7 Å². The van der Waals surface area contributed by atoms with Gasteiger partial charge in [-0.15, -0.1) is 0 Å². The highest BCUT2D eigenvalue weighted by Gasteiger charge is 2.13. The number of hydrogen-bond acceptors (Lipinski definition) is 4. The molecule has 5 heteroatoms. The molecule has 1 aromatic rings. The van der Waals surface area contributed by atoms with E-state index in [4.69, 9.17) is 9.84 Å². The van der Waals surface area contributed by atoms with E-state index in [1.807, 2.05) is 6.92 Å². The number of carboxylic acid groups (broad SMARTS) is 1. The van der Waals surface area contributed by atoms with E-state index in [0.717, 1.165) is 5.56 Å². The Morgan fingerprint density at radius 1 is 1.53 bits per heavy atom. The van der Waals surface area contributed by atoms with Crippen LogP contribution in [-0.4, -0.2) is 36.6 Å². The number of aromatic carboxylic acids is 1. The SMILES string of the molecule is C=NN(COC)[C@@H](C)c1ccc(C(=O)O)cc1. The normalized spacial score (nSPS) is 11.9. The van der Waals surface area contributed by atoms with Gasteiger partial charge < -0.3 is 9.84 Å². The molecule has 0 unspecified atom stereocenters. The molecule has 1 N–H and O–H groups in total. The Bertz CT molecular complexity index is 389. The quantitative estimate of drug-likeness (QED) is 0.466. The van der Waals surface area contributed by atoms with Gasteiger partial charge in [-0.2, -0.15) is 5.10 Å². The van der Waals surface area contributed by atoms with Crippen LogP contribution in [0.25, 0.3) is 0 Å². The van der Waals surface area contributed by atoms with Gasteiger partial charge in [0, 0.05) is 13.8 Å². The van der Waals surface area contributed by atoms with E-state index in [1.165, 1.54) is 0 Å². The van der Waals surface area contributed by atoms with Crippen molar-refractivity contribution in [2.24, 2.45) is 5.10 Å². The van der Waals surface area contributed by atoms with Gasteiger partial charge in [-0.25, -0.2) is 4.79 Å². The van der Waals surface area contributed by atoms with Gasteiger partial charge in [0.05, 0.1) is 11.6 Å². The molecule has 0 radical (unpaired) electrons. The van der Waals surface area contributed by atoms with Gasteiger partial charge in [0.1, 0.15) is 6.73 Å². The lowest BCUT2D eigenvalue weighted by Crippen LogP contribution is -2.23. The fraction of sp³-hybridized carbons (Fsp3) is 0.333. The molecule has 1 rings (SSSR count). The van der Waals surface area contributed by atoms with Gasteiger partial charge in [0.25, 0.3) is 0 Å². The van der Waals surface area contributed by atoms with Crippen molar-refractivity contribution in [1.82, 2.24) is 5.01 Å². The molecule has 5 nitrogen and oxygen atoms in total. The second-order valence-corrected chi connectivity index (χ2v) is 3.60. The Morgan fingerprint density at radius 3 is 2.53 bits per heavy atom. The van der Waals surface area contributed by atoms with Gasteiger partial charge in [-0.3, -0.25) is 5.01 Å². The van der Waals surface area contributed by atoms with Gasteiger partial charge in [0.2, 0.25) is 0 Å². The molecule has 92 valence electrons. The molecule has 0 amide bonds. The molecule has 0 bridgehead atoms. The van der Waals surface area contributed by atoms with Gasteiger partial charge >= 0.3 is 5.97 Å². The van der Waals surface area contributed by atoms with Crippen molar-refractivity contribution in [3.63, 3.8) is 0 Å². The maximum Gasteiger partial charge on any atom is 0.335 e. The smallest absolute Gasteiger partial charge is 0.335 e. The van der Waals surface area contributed by atoms with E-state index in [2.05, 4.69) is 11.8 Å². The standard InChI is InChI=1S/C12H16N2O3/c1-9(14(13-2)8-17-3)10-4-6-11(7-5-10)12(15)16/h4-7,9H,2,8H2,1,3H3,(H,15,16)/t9-/m0/s1. The number of ether oxygens (including phenoxy) is 1. The molecular formula is C12H16N2O3. The minimum Gasteiger partial charge on any atom is -0.478 e. The first-order valence-electron chi connectivity index (χ1n) is 5.15. The third kappa shape index (κ3) is 3.29. The third-order valence-corrected chi connectivity index (χ3v) is 2.53. The molecule has 0 heterocycles. The maximum atomic E-state index is 10.7. The Balaban J connectivity index is 2.84. The second kappa shape index (κ2) is 6.00. The molecule has 0 aliphatic heterocycles. The van der Waals surface area contributed by atoms with Crippen LogP contribution >= 0.6 is 0 Å². The minimum atomic E-state index is -0.931. The summed E-state index contributed by atoms with van der Waals surface area (Å²) in [7, 11) is 1.58. The van der Waals surface area contributed by atoms with Gasteiger partial charge in [0.15, 0.2) is 0 Å². The lowest BCUT2D eigenvalue weighted by Gasteiger charge is -2.25. The van der Waals surface area contributed by atoms with Crippen molar-refractivity contribution in [2.45, 2.75) is 13.0 Å². The molecule has 0 saturated heterocycles. The first-order valence-corrected chi connectivity index (χ1v) is 5.15. The molecule has 17 heavy (non-hydrogen) atoms. The summed E-state index contributed by atoms with van der Waals surface area (Å²) in [6.07, 6.45) is 0. The highest BCUT2D eigenvalue weighted by atomic mass is 16.5. The van der Waals surface area contributed by atoms with Gasteiger partial charge in [-0.05, 0) is 24.6 Å². The summed E-state index contributed by atoms with van der Waals surface area (Å²) < 4.78 is 5.00. The summed E-state index contributed by atoms with van der Waals surface area (Å²) in [5.41, 5.74) is 1.23. The van der Waals surface area contributed by atoms with Crippen molar-refractivity contribution < 1.29 is 14.6 Å². The number of nitrogens with zero attached hydrogens (tertiary/aromatic N) is 2. The Morgan fingerprint density at radius 2 is 2.12 bits per heavy atom. The predicted octanol–water partition coefficient (Wildman–Crippen LogP) is 1.97. The zero-order chi connectivity index (χ0) is 12.8. The Kier molecular flexibility index (Phi) is 4.66.